The molecule has 0 aromatic heterocycles. The molecule has 2 amide bonds. The number of primary amides is 1. The van der Waals surface area contributed by atoms with Crippen molar-refractivity contribution in [1.29, 1.82) is 0 Å². The van der Waals surface area contributed by atoms with E-state index in [0.717, 1.165) is 17.7 Å². The number of aryl methyl sites for hydroxylation is 1. The second kappa shape index (κ2) is 12.2. The van der Waals surface area contributed by atoms with Crippen LogP contribution in [0.2, 0.25) is 0 Å². The van der Waals surface area contributed by atoms with Crippen molar-refractivity contribution < 1.29 is 14.7 Å². The SMILES string of the molecule is CSCC[C@H](C(N)=O)N(CCCc1ccccc1)C(=O)[C@@H](N)Cc1ccc(O)cc1. The van der Waals surface area contributed by atoms with E-state index in [1.54, 1.807) is 40.9 Å². The number of hydrogen-bond acceptors (Lipinski definition) is 5. The molecule has 2 rings (SSSR count). The monoisotopic (exact) mass is 429 g/mol. The van der Waals surface area contributed by atoms with Crippen molar-refractivity contribution in [3.05, 3.63) is 65.7 Å². The van der Waals surface area contributed by atoms with Crippen molar-refractivity contribution in [2.24, 2.45) is 11.5 Å². The van der Waals surface area contributed by atoms with Crippen LogP contribution in [0.4, 0.5) is 0 Å². The fourth-order valence-corrected chi connectivity index (χ4v) is 3.84. The Morgan fingerprint density at radius 2 is 1.73 bits per heavy atom. The lowest BCUT2D eigenvalue weighted by atomic mass is 10.0. The third-order valence-corrected chi connectivity index (χ3v) is 5.64. The maximum atomic E-state index is 13.2. The smallest absolute Gasteiger partial charge is 0.240 e. The Kier molecular flexibility index (Phi) is 9.70. The van der Waals surface area contributed by atoms with Gasteiger partial charge in [-0.3, -0.25) is 9.59 Å². The van der Waals surface area contributed by atoms with Crippen molar-refractivity contribution in [1.82, 2.24) is 4.90 Å². The highest BCUT2D eigenvalue weighted by molar-refractivity contribution is 7.98. The first-order valence-corrected chi connectivity index (χ1v) is 11.5. The van der Waals surface area contributed by atoms with Gasteiger partial charge in [0.2, 0.25) is 11.8 Å². The Balaban J connectivity index is 2.11. The van der Waals surface area contributed by atoms with Crippen molar-refractivity contribution in [2.75, 3.05) is 18.6 Å². The van der Waals surface area contributed by atoms with E-state index < -0.39 is 18.0 Å². The Hall–Kier alpha value is -2.51. The molecule has 0 radical (unpaired) electrons. The van der Waals surface area contributed by atoms with E-state index in [1.807, 2.05) is 36.6 Å². The maximum Gasteiger partial charge on any atom is 0.240 e. The second-order valence-electron chi connectivity index (χ2n) is 7.30. The van der Waals surface area contributed by atoms with Crippen LogP contribution in [-0.2, 0) is 22.4 Å². The lowest BCUT2D eigenvalue weighted by Crippen LogP contribution is -2.54. The summed E-state index contributed by atoms with van der Waals surface area (Å²) in [6.45, 7) is 0.416. The molecule has 5 N–H and O–H groups in total. The van der Waals surface area contributed by atoms with Crippen LogP contribution in [0.3, 0.4) is 0 Å². The minimum atomic E-state index is -0.789. The summed E-state index contributed by atoms with van der Waals surface area (Å²) in [7, 11) is 0. The summed E-state index contributed by atoms with van der Waals surface area (Å²) in [6, 6.07) is 15.2. The number of nitrogens with two attached hydrogens (primary N) is 2. The molecule has 0 aliphatic rings. The first kappa shape index (κ1) is 23.8. The third kappa shape index (κ3) is 7.39. The van der Waals surface area contributed by atoms with Crippen LogP contribution in [0.1, 0.15) is 24.0 Å². The largest absolute Gasteiger partial charge is 0.508 e. The summed E-state index contributed by atoms with van der Waals surface area (Å²) in [5.41, 5.74) is 13.9. The minimum absolute atomic E-state index is 0.159. The highest BCUT2D eigenvalue weighted by atomic mass is 32.2. The summed E-state index contributed by atoms with van der Waals surface area (Å²) in [5, 5.41) is 9.44. The topological polar surface area (TPSA) is 110 Å². The predicted molar refractivity (Wildman–Crippen MR) is 122 cm³/mol. The summed E-state index contributed by atoms with van der Waals surface area (Å²) < 4.78 is 0. The third-order valence-electron chi connectivity index (χ3n) is 5.00. The zero-order valence-corrected chi connectivity index (χ0v) is 18.2. The quantitative estimate of drug-likeness (QED) is 0.480. The normalized spacial score (nSPS) is 12.9. The van der Waals surface area contributed by atoms with E-state index in [-0.39, 0.29) is 11.7 Å². The molecule has 162 valence electrons. The lowest BCUT2D eigenvalue weighted by Gasteiger charge is -2.32. The Bertz CT molecular complexity index is 799. The first-order valence-electron chi connectivity index (χ1n) is 10.1. The molecule has 0 heterocycles. The van der Waals surface area contributed by atoms with E-state index >= 15 is 0 Å². The molecule has 2 aromatic rings. The summed E-state index contributed by atoms with van der Waals surface area (Å²) in [4.78, 5) is 26.9. The Morgan fingerprint density at radius 3 is 2.33 bits per heavy atom. The number of carbonyl (C=O) groups is 2. The van der Waals surface area contributed by atoms with Gasteiger partial charge < -0.3 is 21.5 Å². The number of hydrogen-bond donors (Lipinski definition) is 3. The molecule has 7 heteroatoms. The zero-order valence-electron chi connectivity index (χ0n) is 17.4. The van der Waals surface area contributed by atoms with Crippen LogP contribution in [-0.4, -0.2) is 52.5 Å². The fraction of sp³-hybridized carbons (Fsp3) is 0.391. The van der Waals surface area contributed by atoms with Gasteiger partial charge in [-0.2, -0.15) is 11.8 Å². The van der Waals surface area contributed by atoms with Crippen LogP contribution in [0.5, 0.6) is 5.75 Å². The molecule has 30 heavy (non-hydrogen) atoms. The second-order valence-corrected chi connectivity index (χ2v) is 8.28. The highest BCUT2D eigenvalue weighted by Gasteiger charge is 2.30. The van der Waals surface area contributed by atoms with Gasteiger partial charge in [0.15, 0.2) is 0 Å². The van der Waals surface area contributed by atoms with Gasteiger partial charge in [0, 0.05) is 6.54 Å². The van der Waals surface area contributed by atoms with E-state index in [2.05, 4.69) is 0 Å². The number of phenols is 1. The van der Waals surface area contributed by atoms with Crippen molar-refractivity contribution in [3.8, 4) is 5.75 Å². The van der Waals surface area contributed by atoms with Gasteiger partial charge in [-0.1, -0.05) is 42.5 Å². The van der Waals surface area contributed by atoms with Crippen LogP contribution in [0, 0.1) is 0 Å². The van der Waals surface area contributed by atoms with Crippen molar-refractivity contribution >= 4 is 23.6 Å². The molecule has 0 aliphatic heterocycles. The molecule has 0 bridgehead atoms. The molecular weight excluding hydrogens is 398 g/mol. The van der Waals surface area contributed by atoms with Crippen LogP contribution in [0.25, 0.3) is 0 Å². The average Bonchev–Trinajstić information content (AvgIpc) is 2.74. The van der Waals surface area contributed by atoms with Crippen molar-refractivity contribution in [3.63, 3.8) is 0 Å². The summed E-state index contributed by atoms with van der Waals surface area (Å²) >= 11 is 1.61. The molecule has 0 fully saturated rings. The molecular formula is C23H31N3O3S. The van der Waals surface area contributed by atoms with Gasteiger partial charge in [0.05, 0.1) is 6.04 Å². The molecule has 0 unspecified atom stereocenters. The number of thioether (sulfide) groups is 1. The van der Waals surface area contributed by atoms with Gasteiger partial charge in [-0.05, 0) is 61.0 Å². The van der Waals surface area contributed by atoms with Crippen LogP contribution in [0.15, 0.2) is 54.6 Å². The van der Waals surface area contributed by atoms with Gasteiger partial charge >= 0.3 is 0 Å². The van der Waals surface area contributed by atoms with E-state index in [9.17, 15) is 14.7 Å². The average molecular weight is 430 g/mol. The molecule has 0 saturated heterocycles. The summed E-state index contributed by atoms with van der Waals surface area (Å²) in [5.74, 6) is 0.102. The molecule has 0 aliphatic carbocycles. The van der Waals surface area contributed by atoms with E-state index in [1.165, 1.54) is 5.56 Å². The van der Waals surface area contributed by atoms with Gasteiger partial charge in [0.1, 0.15) is 11.8 Å². The van der Waals surface area contributed by atoms with Gasteiger partial charge in [-0.25, -0.2) is 0 Å². The van der Waals surface area contributed by atoms with E-state index in [4.69, 9.17) is 11.5 Å². The number of benzene rings is 2. The zero-order chi connectivity index (χ0) is 21.9. The number of amides is 2. The number of aromatic hydroxyl groups is 1. The molecule has 2 atom stereocenters. The number of nitrogens with zero attached hydrogens (tertiary/aromatic N) is 1. The number of phenolic OH excluding ortho intramolecular Hbond substituents is 1. The van der Waals surface area contributed by atoms with E-state index in [0.29, 0.717) is 25.8 Å². The standard InChI is InChI=1S/C23H31N3O3S/c1-30-15-13-21(22(25)28)26(14-5-8-17-6-3-2-4-7-17)23(29)20(24)16-18-9-11-19(27)12-10-18/h2-4,6-7,9-12,20-21,27H,5,8,13-16,24H2,1H3,(H2,25,28)/t20-,21+/m0/s1. The Morgan fingerprint density at radius 1 is 1.07 bits per heavy atom. The molecule has 6 nitrogen and oxygen atoms in total. The molecule has 0 saturated carbocycles. The van der Waals surface area contributed by atoms with Crippen LogP contribution < -0.4 is 11.5 Å². The lowest BCUT2D eigenvalue weighted by molar-refractivity contribution is -0.140. The minimum Gasteiger partial charge on any atom is -0.508 e. The highest BCUT2D eigenvalue weighted by Crippen LogP contribution is 2.15. The van der Waals surface area contributed by atoms with Crippen molar-refractivity contribution in [2.45, 2.75) is 37.8 Å². The van der Waals surface area contributed by atoms with Crippen LogP contribution >= 0.6 is 11.8 Å². The predicted octanol–water partition coefficient (Wildman–Crippen LogP) is 2.33. The Labute approximate surface area is 182 Å². The summed E-state index contributed by atoms with van der Waals surface area (Å²) in [6.07, 6.45) is 4.29. The number of carbonyl (C=O) groups excluding carboxylic acids is 2. The number of rotatable bonds is 12. The maximum absolute atomic E-state index is 13.2. The van der Waals surface area contributed by atoms with Gasteiger partial charge in [-0.15, -0.1) is 0 Å². The van der Waals surface area contributed by atoms with Gasteiger partial charge in [0.25, 0.3) is 0 Å². The molecule has 0 spiro atoms. The fourth-order valence-electron chi connectivity index (χ4n) is 3.39. The first-order chi connectivity index (χ1) is 14.4. The molecule has 2 aromatic carbocycles.